The van der Waals surface area contributed by atoms with E-state index in [1.165, 1.54) is 11.3 Å². The molecule has 0 radical (unpaired) electrons. The van der Waals surface area contributed by atoms with E-state index in [1.807, 2.05) is 62.4 Å². The molecular formula is C23H23N5O3S. The summed E-state index contributed by atoms with van der Waals surface area (Å²) in [5.74, 6) is 1.35. The summed E-state index contributed by atoms with van der Waals surface area (Å²) in [6, 6.07) is 15.2. The molecule has 0 aliphatic rings. The third kappa shape index (κ3) is 4.33. The van der Waals surface area contributed by atoms with Gasteiger partial charge in [0.25, 0.3) is 5.91 Å². The number of methoxy groups -OCH3 is 2. The van der Waals surface area contributed by atoms with E-state index in [9.17, 15) is 4.79 Å². The maximum atomic E-state index is 12.8. The topological polar surface area (TPSA) is 91.2 Å². The Hall–Kier alpha value is -3.72. The smallest absolute Gasteiger partial charge is 0.263 e. The molecule has 0 fully saturated rings. The van der Waals surface area contributed by atoms with Gasteiger partial charge in [0.2, 0.25) is 0 Å². The Labute approximate surface area is 189 Å². The lowest BCUT2D eigenvalue weighted by molar-refractivity contribution is 0.0954. The fourth-order valence-electron chi connectivity index (χ4n) is 3.25. The first-order valence-corrected chi connectivity index (χ1v) is 10.8. The predicted octanol–water partition coefficient (Wildman–Crippen LogP) is 3.95. The molecule has 0 saturated carbocycles. The number of nitrogens with one attached hydrogen (secondary N) is 1. The first kappa shape index (κ1) is 21.5. The van der Waals surface area contributed by atoms with Crippen molar-refractivity contribution in [3.63, 3.8) is 0 Å². The van der Waals surface area contributed by atoms with Crippen molar-refractivity contribution in [3.05, 3.63) is 70.4 Å². The van der Waals surface area contributed by atoms with Gasteiger partial charge in [0.1, 0.15) is 27.1 Å². The van der Waals surface area contributed by atoms with Gasteiger partial charge in [-0.25, -0.2) is 9.67 Å². The van der Waals surface area contributed by atoms with Gasteiger partial charge in [0.15, 0.2) is 0 Å². The van der Waals surface area contributed by atoms with Gasteiger partial charge < -0.3 is 14.8 Å². The number of amides is 1. The van der Waals surface area contributed by atoms with Crippen LogP contribution in [-0.2, 0) is 6.54 Å². The molecule has 4 aromatic rings. The van der Waals surface area contributed by atoms with Gasteiger partial charge in [-0.1, -0.05) is 17.3 Å². The molecule has 2 heterocycles. The standard InChI is InChI=1S/C23H23N5O3S/c1-14-21(22(29)24-13-16-6-5-7-19(12-16)31-4)32-23(25-14)20-15(2)28(27-26-20)17-8-10-18(30-3)11-9-17/h5-12H,13H2,1-4H3,(H,24,29). The highest BCUT2D eigenvalue weighted by molar-refractivity contribution is 7.17. The van der Waals surface area contributed by atoms with Gasteiger partial charge in [-0.3, -0.25) is 4.79 Å². The molecule has 0 atom stereocenters. The Morgan fingerprint density at radius 2 is 1.81 bits per heavy atom. The van der Waals surface area contributed by atoms with Crippen LogP contribution in [0.1, 0.15) is 26.6 Å². The number of thiazole rings is 1. The van der Waals surface area contributed by atoms with Crippen molar-refractivity contribution < 1.29 is 14.3 Å². The molecular weight excluding hydrogens is 426 g/mol. The summed E-state index contributed by atoms with van der Waals surface area (Å²) in [6.45, 7) is 4.15. The number of hydrogen-bond acceptors (Lipinski definition) is 7. The quantitative estimate of drug-likeness (QED) is 0.459. The third-order valence-corrected chi connectivity index (χ3v) is 6.17. The molecule has 4 rings (SSSR count). The van der Waals surface area contributed by atoms with Gasteiger partial charge in [-0.15, -0.1) is 16.4 Å². The SMILES string of the molecule is COc1ccc(-n2nnc(-c3nc(C)c(C(=O)NCc4cccc(OC)c4)s3)c2C)cc1. The Morgan fingerprint density at radius 3 is 2.53 bits per heavy atom. The summed E-state index contributed by atoms with van der Waals surface area (Å²) in [6.07, 6.45) is 0. The molecule has 1 amide bonds. The van der Waals surface area contributed by atoms with Crippen LogP contribution in [0.25, 0.3) is 16.4 Å². The molecule has 0 saturated heterocycles. The third-order valence-electron chi connectivity index (χ3n) is 5.00. The monoisotopic (exact) mass is 449 g/mol. The first-order chi connectivity index (χ1) is 15.5. The summed E-state index contributed by atoms with van der Waals surface area (Å²) in [5, 5.41) is 12.2. The average Bonchev–Trinajstić information content (AvgIpc) is 3.40. The number of nitrogens with zero attached hydrogens (tertiary/aromatic N) is 4. The fourth-order valence-corrected chi connectivity index (χ4v) is 4.27. The van der Waals surface area contributed by atoms with Crippen LogP contribution in [0.5, 0.6) is 11.5 Å². The molecule has 32 heavy (non-hydrogen) atoms. The molecule has 0 aliphatic carbocycles. The van der Waals surface area contributed by atoms with E-state index in [0.717, 1.165) is 28.4 Å². The van der Waals surface area contributed by atoms with Crippen molar-refractivity contribution in [2.75, 3.05) is 14.2 Å². The highest BCUT2D eigenvalue weighted by Gasteiger charge is 2.20. The van der Waals surface area contributed by atoms with E-state index in [0.29, 0.717) is 27.8 Å². The number of hydrogen-bond donors (Lipinski definition) is 1. The van der Waals surface area contributed by atoms with Crippen LogP contribution < -0.4 is 14.8 Å². The second-order valence-corrected chi connectivity index (χ2v) is 8.10. The zero-order valence-electron chi connectivity index (χ0n) is 18.2. The summed E-state index contributed by atoms with van der Waals surface area (Å²) in [4.78, 5) is 17.9. The average molecular weight is 450 g/mol. The van der Waals surface area contributed by atoms with Crippen LogP contribution in [0.3, 0.4) is 0 Å². The summed E-state index contributed by atoms with van der Waals surface area (Å²) in [5.41, 5.74) is 3.98. The zero-order chi connectivity index (χ0) is 22.7. The number of ether oxygens (including phenoxy) is 2. The minimum Gasteiger partial charge on any atom is -0.497 e. The molecule has 0 bridgehead atoms. The normalized spacial score (nSPS) is 10.8. The van der Waals surface area contributed by atoms with Crippen LogP contribution in [0.4, 0.5) is 0 Å². The summed E-state index contributed by atoms with van der Waals surface area (Å²) in [7, 11) is 3.25. The van der Waals surface area contributed by atoms with Crippen molar-refractivity contribution in [1.29, 1.82) is 0 Å². The van der Waals surface area contributed by atoms with Gasteiger partial charge in [0.05, 0.1) is 31.3 Å². The number of rotatable bonds is 7. The van der Waals surface area contributed by atoms with E-state index in [4.69, 9.17) is 9.47 Å². The van der Waals surface area contributed by atoms with Crippen LogP contribution in [0.2, 0.25) is 0 Å². The Bertz CT molecular complexity index is 1250. The molecule has 164 valence electrons. The van der Waals surface area contributed by atoms with Crippen molar-refractivity contribution in [3.8, 4) is 27.9 Å². The van der Waals surface area contributed by atoms with Crippen LogP contribution in [0, 0.1) is 13.8 Å². The zero-order valence-corrected chi connectivity index (χ0v) is 19.1. The second-order valence-electron chi connectivity index (χ2n) is 7.10. The predicted molar refractivity (Wildman–Crippen MR) is 123 cm³/mol. The second kappa shape index (κ2) is 9.19. The Kier molecular flexibility index (Phi) is 6.18. The van der Waals surface area contributed by atoms with Gasteiger partial charge in [-0.2, -0.15) is 0 Å². The number of carbonyl (C=O) groups excluding carboxylic acids is 1. The fraction of sp³-hybridized carbons (Fsp3) is 0.217. The molecule has 0 unspecified atom stereocenters. The van der Waals surface area contributed by atoms with Crippen LogP contribution in [0.15, 0.2) is 48.5 Å². The largest absolute Gasteiger partial charge is 0.497 e. The van der Waals surface area contributed by atoms with Crippen LogP contribution >= 0.6 is 11.3 Å². The van der Waals surface area contributed by atoms with Crippen molar-refractivity contribution >= 4 is 17.2 Å². The molecule has 9 heteroatoms. The van der Waals surface area contributed by atoms with Gasteiger partial charge >= 0.3 is 0 Å². The lowest BCUT2D eigenvalue weighted by atomic mass is 10.2. The van der Waals surface area contributed by atoms with E-state index in [-0.39, 0.29) is 5.91 Å². The van der Waals surface area contributed by atoms with Crippen molar-refractivity contribution in [2.45, 2.75) is 20.4 Å². The van der Waals surface area contributed by atoms with Crippen molar-refractivity contribution in [1.82, 2.24) is 25.3 Å². The number of benzene rings is 2. The molecule has 8 nitrogen and oxygen atoms in total. The van der Waals surface area contributed by atoms with E-state index in [2.05, 4.69) is 20.6 Å². The number of aryl methyl sites for hydroxylation is 1. The van der Waals surface area contributed by atoms with Gasteiger partial charge in [0, 0.05) is 6.54 Å². The van der Waals surface area contributed by atoms with E-state index in [1.54, 1.807) is 18.9 Å². The molecule has 0 spiro atoms. The number of aromatic nitrogens is 4. The van der Waals surface area contributed by atoms with Crippen LogP contribution in [-0.4, -0.2) is 40.1 Å². The van der Waals surface area contributed by atoms with E-state index >= 15 is 0 Å². The molecule has 1 N–H and O–H groups in total. The highest BCUT2D eigenvalue weighted by Crippen LogP contribution is 2.29. The highest BCUT2D eigenvalue weighted by atomic mass is 32.1. The summed E-state index contributed by atoms with van der Waals surface area (Å²) < 4.78 is 12.2. The Morgan fingerprint density at radius 1 is 1.06 bits per heavy atom. The molecule has 2 aromatic heterocycles. The van der Waals surface area contributed by atoms with Crippen molar-refractivity contribution in [2.24, 2.45) is 0 Å². The van der Waals surface area contributed by atoms with E-state index < -0.39 is 0 Å². The lowest BCUT2D eigenvalue weighted by Gasteiger charge is -2.06. The Balaban J connectivity index is 1.53. The first-order valence-electron chi connectivity index (χ1n) is 9.95. The lowest BCUT2D eigenvalue weighted by Crippen LogP contribution is -2.22. The molecule has 2 aromatic carbocycles. The maximum absolute atomic E-state index is 12.8. The minimum atomic E-state index is -0.172. The maximum Gasteiger partial charge on any atom is 0.263 e. The minimum absolute atomic E-state index is 0.172. The number of carbonyl (C=O) groups is 1. The molecule has 0 aliphatic heterocycles. The summed E-state index contributed by atoms with van der Waals surface area (Å²) >= 11 is 1.31. The van der Waals surface area contributed by atoms with Gasteiger partial charge in [-0.05, 0) is 55.8 Å².